The number of hydrogen-bond donors (Lipinski definition) is 2. The molecule has 0 fully saturated rings. The van der Waals surface area contributed by atoms with Gasteiger partial charge in [-0.05, 0) is 39.5 Å². The number of hydrogen-bond acceptors (Lipinski definition) is 4. The molecule has 2 atom stereocenters. The molecule has 0 rings (SSSR count). The summed E-state index contributed by atoms with van der Waals surface area (Å²) in [5, 5.41) is 2.74. The number of nitrogens with two attached hydrogens (primary N) is 1. The van der Waals surface area contributed by atoms with Crippen molar-refractivity contribution < 1.29 is 14.3 Å². The van der Waals surface area contributed by atoms with Crippen molar-refractivity contribution in [2.75, 3.05) is 0 Å². The molecule has 0 saturated heterocycles. The number of amides is 1. The Balaban J connectivity index is 0. The summed E-state index contributed by atoms with van der Waals surface area (Å²) < 4.78 is 5.16. The molecule has 0 heterocycles. The van der Waals surface area contributed by atoms with Gasteiger partial charge >= 0.3 is 5.97 Å². The summed E-state index contributed by atoms with van der Waals surface area (Å²) in [7, 11) is 0. The lowest BCUT2D eigenvalue weighted by molar-refractivity contribution is -0.152. The van der Waals surface area contributed by atoms with Crippen LogP contribution in [0.5, 0.6) is 0 Å². The van der Waals surface area contributed by atoms with Crippen molar-refractivity contribution in [2.45, 2.75) is 72.1 Å². The SMILES string of the molecule is CC(C)C[C@H](NC(=O)CCC(C)N)C(=O)OC(C)C.Cl. The van der Waals surface area contributed by atoms with Crippen LogP contribution in [-0.2, 0) is 14.3 Å². The van der Waals surface area contributed by atoms with E-state index in [1.54, 1.807) is 13.8 Å². The molecule has 0 spiro atoms. The summed E-state index contributed by atoms with van der Waals surface area (Å²) in [4.78, 5) is 23.7. The summed E-state index contributed by atoms with van der Waals surface area (Å²) in [6.07, 6.45) is 1.35. The molecule has 5 nitrogen and oxygen atoms in total. The molecule has 0 aliphatic carbocycles. The number of carbonyl (C=O) groups is 2. The summed E-state index contributed by atoms with van der Waals surface area (Å²) in [5.41, 5.74) is 5.61. The fourth-order valence-electron chi connectivity index (χ4n) is 1.63. The van der Waals surface area contributed by atoms with Gasteiger partial charge in [-0.2, -0.15) is 0 Å². The number of carbonyl (C=O) groups excluding carboxylic acids is 2. The Bertz CT molecular complexity index is 294. The molecule has 0 bridgehead atoms. The van der Waals surface area contributed by atoms with Gasteiger partial charge in [0.25, 0.3) is 0 Å². The Morgan fingerprint density at radius 2 is 1.70 bits per heavy atom. The zero-order chi connectivity index (χ0) is 15.0. The van der Waals surface area contributed by atoms with Crippen LogP contribution < -0.4 is 11.1 Å². The quantitative estimate of drug-likeness (QED) is 0.672. The van der Waals surface area contributed by atoms with E-state index in [2.05, 4.69) is 5.32 Å². The maximum Gasteiger partial charge on any atom is 0.328 e. The molecule has 0 aliphatic heterocycles. The number of rotatable bonds is 8. The first-order chi connectivity index (χ1) is 8.72. The first kappa shape index (κ1) is 21.5. The van der Waals surface area contributed by atoms with E-state index in [0.717, 1.165) is 0 Å². The lowest BCUT2D eigenvalue weighted by Gasteiger charge is -2.21. The number of esters is 1. The minimum absolute atomic E-state index is 0. The maximum atomic E-state index is 11.9. The van der Waals surface area contributed by atoms with E-state index in [1.165, 1.54) is 0 Å². The molecule has 0 aromatic carbocycles. The first-order valence-electron chi connectivity index (χ1n) is 6.97. The molecule has 6 heteroatoms. The zero-order valence-corrected chi connectivity index (χ0v) is 14.0. The molecule has 1 unspecified atom stereocenters. The van der Waals surface area contributed by atoms with Crippen LogP contribution in [0.3, 0.4) is 0 Å². The van der Waals surface area contributed by atoms with Gasteiger partial charge in [0.15, 0.2) is 0 Å². The van der Waals surface area contributed by atoms with Crippen LogP contribution >= 0.6 is 12.4 Å². The van der Waals surface area contributed by atoms with Gasteiger partial charge in [-0.1, -0.05) is 13.8 Å². The first-order valence-corrected chi connectivity index (χ1v) is 6.97. The Morgan fingerprint density at radius 3 is 2.10 bits per heavy atom. The Kier molecular flexibility index (Phi) is 11.7. The van der Waals surface area contributed by atoms with Gasteiger partial charge in [-0.3, -0.25) is 4.79 Å². The molecule has 0 saturated carbocycles. The van der Waals surface area contributed by atoms with Crippen molar-refractivity contribution in [3.05, 3.63) is 0 Å². The van der Waals surface area contributed by atoms with Crippen molar-refractivity contribution in [1.29, 1.82) is 0 Å². The molecule has 0 aromatic heterocycles. The van der Waals surface area contributed by atoms with Crippen LogP contribution in [0.15, 0.2) is 0 Å². The van der Waals surface area contributed by atoms with Gasteiger partial charge in [-0.15, -0.1) is 12.4 Å². The Hall–Kier alpha value is -0.810. The highest BCUT2D eigenvalue weighted by molar-refractivity contribution is 5.85. The van der Waals surface area contributed by atoms with Gasteiger partial charge in [-0.25, -0.2) is 4.79 Å². The minimum Gasteiger partial charge on any atom is -0.461 e. The minimum atomic E-state index is -0.567. The largest absolute Gasteiger partial charge is 0.461 e. The highest BCUT2D eigenvalue weighted by Crippen LogP contribution is 2.08. The van der Waals surface area contributed by atoms with Crippen LogP contribution in [0, 0.1) is 5.92 Å². The zero-order valence-electron chi connectivity index (χ0n) is 13.1. The van der Waals surface area contributed by atoms with Crippen LogP contribution in [0.25, 0.3) is 0 Å². The molecule has 20 heavy (non-hydrogen) atoms. The van der Waals surface area contributed by atoms with E-state index in [4.69, 9.17) is 10.5 Å². The number of ether oxygens (including phenoxy) is 1. The predicted molar refractivity (Wildman–Crippen MR) is 82.7 cm³/mol. The average molecular weight is 309 g/mol. The summed E-state index contributed by atoms with van der Waals surface area (Å²) >= 11 is 0. The number of nitrogens with one attached hydrogen (secondary N) is 1. The molecule has 0 aliphatic rings. The van der Waals surface area contributed by atoms with Crippen molar-refractivity contribution in [1.82, 2.24) is 5.32 Å². The van der Waals surface area contributed by atoms with Crippen LogP contribution in [-0.4, -0.2) is 30.1 Å². The lowest BCUT2D eigenvalue weighted by Crippen LogP contribution is -2.43. The van der Waals surface area contributed by atoms with Crippen LogP contribution in [0.2, 0.25) is 0 Å². The second-order valence-corrected chi connectivity index (χ2v) is 5.75. The van der Waals surface area contributed by atoms with Gasteiger partial charge < -0.3 is 15.8 Å². The third kappa shape index (κ3) is 11.1. The third-order valence-electron chi connectivity index (χ3n) is 2.51. The molecule has 0 radical (unpaired) electrons. The number of halogens is 1. The van der Waals surface area contributed by atoms with E-state index in [0.29, 0.717) is 25.2 Å². The fraction of sp³-hybridized carbons (Fsp3) is 0.857. The highest BCUT2D eigenvalue weighted by atomic mass is 35.5. The van der Waals surface area contributed by atoms with Gasteiger partial charge in [0.1, 0.15) is 6.04 Å². The molecular weight excluding hydrogens is 280 g/mol. The Labute approximate surface area is 128 Å². The Morgan fingerprint density at radius 1 is 1.15 bits per heavy atom. The topological polar surface area (TPSA) is 81.4 Å². The lowest BCUT2D eigenvalue weighted by atomic mass is 10.0. The standard InChI is InChI=1S/C14H28N2O3.ClH/c1-9(2)8-12(14(18)19-10(3)4)16-13(17)7-6-11(5)15;/h9-12H,6-8,15H2,1-5H3,(H,16,17);1H/t11?,12-;/m0./s1. The second-order valence-electron chi connectivity index (χ2n) is 5.75. The third-order valence-corrected chi connectivity index (χ3v) is 2.51. The van der Waals surface area contributed by atoms with Gasteiger partial charge in [0.2, 0.25) is 5.91 Å². The van der Waals surface area contributed by atoms with Crippen molar-refractivity contribution in [2.24, 2.45) is 11.7 Å². The van der Waals surface area contributed by atoms with Crippen LogP contribution in [0.4, 0.5) is 0 Å². The van der Waals surface area contributed by atoms with E-state index in [9.17, 15) is 9.59 Å². The smallest absolute Gasteiger partial charge is 0.328 e. The van der Waals surface area contributed by atoms with Gasteiger partial charge in [0.05, 0.1) is 6.10 Å². The molecular formula is C14H29ClN2O3. The summed E-state index contributed by atoms with van der Waals surface area (Å²) in [6.45, 7) is 9.45. The van der Waals surface area contributed by atoms with E-state index in [-0.39, 0.29) is 36.4 Å². The van der Waals surface area contributed by atoms with Gasteiger partial charge in [0, 0.05) is 12.5 Å². The van der Waals surface area contributed by atoms with E-state index >= 15 is 0 Å². The summed E-state index contributed by atoms with van der Waals surface area (Å²) in [5.74, 6) is -0.208. The molecule has 120 valence electrons. The molecule has 3 N–H and O–H groups in total. The molecule has 1 amide bonds. The highest BCUT2D eigenvalue weighted by Gasteiger charge is 2.24. The monoisotopic (exact) mass is 308 g/mol. The van der Waals surface area contributed by atoms with Crippen molar-refractivity contribution in [3.63, 3.8) is 0 Å². The normalized spacial score (nSPS) is 13.6. The molecule has 0 aromatic rings. The second kappa shape index (κ2) is 10.9. The fourth-order valence-corrected chi connectivity index (χ4v) is 1.63. The average Bonchev–Trinajstić information content (AvgIpc) is 2.23. The summed E-state index contributed by atoms with van der Waals surface area (Å²) in [6, 6.07) is -0.583. The van der Waals surface area contributed by atoms with E-state index in [1.807, 2.05) is 20.8 Å². The van der Waals surface area contributed by atoms with E-state index < -0.39 is 6.04 Å². The predicted octanol–water partition coefficient (Wildman–Crippen LogP) is 2.02. The van der Waals surface area contributed by atoms with Crippen molar-refractivity contribution >= 4 is 24.3 Å². The van der Waals surface area contributed by atoms with Crippen molar-refractivity contribution in [3.8, 4) is 0 Å². The maximum absolute atomic E-state index is 11.9. The van der Waals surface area contributed by atoms with Crippen LogP contribution in [0.1, 0.15) is 53.9 Å².